The molecular weight excluding hydrogens is 448 g/mol. The van der Waals surface area contributed by atoms with E-state index >= 15 is 0 Å². The van der Waals surface area contributed by atoms with Gasteiger partial charge in [0, 0.05) is 15.9 Å². The van der Waals surface area contributed by atoms with E-state index in [0.717, 1.165) is 58.0 Å². The van der Waals surface area contributed by atoms with Gasteiger partial charge < -0.3 is 4.74 Å². The fraction of sp³-hybridized carbons (Fsp3) is 0.259. The number of esters is 1. The molecule has 6 heteroatoms. The van der Waals surface area contributed by atoms with E-state index < -0.39 is 0 Å². The van der Waals surface area contributed by atoms with Crippen LogP contribution in [0.25, 0.3) is 16.9 Å². The molecule has 1 aliphatic carbocycles. The van der Waals surface area contributed by atoms with Crippen molar-refractivity contribution in [1.82, 2.24) is 4.57 Å². The number of ether oxygens (including phenoxy) is 1. The van der Waals surface area contributed by atoms with Crippen molar-refractivity contribution in [2.45, 2.75) is 45.6 Å². The maximum absolute atomic E-state index is 13.1. The lowest BCUT2D eigenvalue weighted by Gasteiger charge is -2.13. The van der Waals surface area contributed by atoms with Crippen LogP contribution in [0.1, 0.15) is 47.5 Å². The van der Waals surface area contributed by atoms with Crippen molar-refractivity contribution in [3.63, 3.8) is 0 Å². The van der Waals surface area contributed by atoms with Crippen LogP contribution in [0.3, 0.4) is 0 Å². The van der Waals surface area contributed by atoms with Crippen LogP contribution in [0.4, 0.5) is 5.00 Å². The molecule has 1 aliphatic rings. The lowest BCUT2D eigenvalue weighted by Crippen LogP contribution is -2.15. The number of fused-ring (bicyclic) bond motifs is 1. The Balaban J connectivity index is 1.72. The molecule has 0 bridgehead atoms. The topological polar surface area (TPSA) is 43.6 Å². The van der Waals surface area contributed by atoms with E-state index in [1.807, 2.05) is 50.2 Å². The Morgan fingerprint density at radius 1 is 1.00 bits per heavy atom. The highest BCUT2D eigenvalue weighted by Gasteiger charge is 2.27. The molecule has 0 amide bonds. The molecule has 0 saturated carbocycles. The zero-order valence-electron chi connectivity index (χ0n) is 18.8. The van der Waals surface area contributed by atoms with Crippen LogP contribution < -0.4 is 4.80 Å². The molecule has 5 rings (SSSR count). The van der Waals surface area contributed by atoms with Gasteiger partial charge in [0.15, 0.2) is 4.80 Å². The fourth-order valence-electron chi connectivity index (χ4n) is 4.23. The van der Waals surface area contributed by atoms with Gasteiger partial charge in [-0.25, -0.2) is 9.79 Å². The van der Waals surface area contributed by atoms with Crippen molar-refractivity contribution in [2.75, 3.05) is 0 Å². The fourth-order valence-corrected chi connectivity index (χ4v) is 6.44. The predicted molar refractivity (Wildman–Crippen MR) is 136 cm³/mol. The van der Waals surface area contributed by atoms with Gasteiger partial charge in [0.1, 0.15) is 5.00 Å². The standard InChI is InChI=1S/C27H26N2O2S2/c1-18(2)31-26(30)24-21-15-9-10-16-23(21)33-25(24)28-27-29(20-13-7-4-8-14-20)22(17-32-27)19-11-5-3-6-12-19/h3-8,11-14,17-18H,9-10,15-16H2,1-2H3. The number of hydrogen-bond donors (Lipinski definition) is 0. The Labute approximate surface area is 201 Å². The summed E-state index contributed by atoms with van der Waals surface area (Å²) >= 11 is 3.24. The number of aryl methyl sites for hydroxylation is 1. The number of aromatic nitrogens is 1. The van der Waals surface area contributed by atoms with Gasteiger partial charge in [0.25, 0.3) is 0 Å². The van der Waals surface area contributed by atoms with E-state index in [1.54, 1.807) is 22.7 Å². The summed E-state index contributed by atoms with van der Waals surface area (Å²) in [6, 6.07) is 20.6. The van der Waals surface area contributed by atoms with E-state index in [0.29, 0.717) is 5.56 Å². The van der Waals surface area contributed by atoms with Gasteiger partial charge in [-0.15, -0.1) is 22.7 Å². The van der Waals surface area contributed by atoms with E-state index in [9.17, 15) is 4.79 Å². The maximum atomic E-state index is 13.1. The first-order valence-corrected chi connectivity index (χ1v) is 13.0. The van der Waals surface area contributed by atoms with Crippen molar-refractivity contribution in [3.05, 3.63) is 86.8 Å². The number of rotatable bonds is 5. The summed E-state index contributed by atoms with van der Waals surface area (Å²) in [7, 11) is 0. The van der Waals surface area contributed by atoms with Crippen molar-refractivity contribution < 1.29 is 9.53 Å². The minimum atomic E-state index is -0.255. The third kappa shape index (κ3) is 4.45. The molecule has 0 atom stereocenters. The minimum Gasteiger partial charge on any atom is -0.459 e. The number of nitrogens with zero attached hydrogens (tertiary/aromatic N) is 2. The van der Waals surface area contributed by atoms with Crippen LogP contribution in [0.5, 0.6) is 0 Å². The monoisotopic (exact) mass is 474 g/mol. The zero-order chi connectivity index (χ0) is 22.8. The number of carbonyl (C=O) groups is 1. The Morgan fingerprint density at radius 2 is 1.70 bits per heavy atom. The molecule has 0 N–H and O–H groups in total. The largest absolute Gasteiger partial charge is 0.459 e. The highest BCUT2D eigenvalue weighted by Crippen LogP contribution is 2.40. The first-order valence-electron chi connectivity index (χ1n) is 11.3. The Kier molecular flexibility index (Phi) is 6.29. The molecule has 168 valence electrons. The smallest absolute Gasteiger partial charge is 0.341 e. The number of thiophene rings is 1. The molecule has 4 aromatic rings. The number of benzene rings is 2. The van der Waals surface area contributed by atoms with Crippen LogP contribution in [0.2, 0.25) is 0 Å². The first kappa shape index (κ1) is 21.9. The van der Waals surface area contributed by atoms with E-state index in [-0.39, 0.29) is 12.1 Å². The van der Waals surface area contributed by atoms with Crippen LogP contribution in [0.15, 0.2) is 71.0 Å². The van der Waals surface area contributed by atoms with Crippen LogP contribution >= 0.6 is 22.7 Å². The summed E-state index contributed by atoms with van der Waals surface area (Å²) in [6.45, 7) is 3.78. The average Bonchev–Trinajstić information content (AvgIpc) is 3.41. The normalized spacial score (nSPS) is 13.8. The molecule has 0 unspecified atom stereocenters. The molecule has 2 heterocycles. The molecular formula is C27H26N2O2S2. The Morgan fingerprint density at radius 3 is 2.42 bits per heavy atom. The number of carbonyl (C=O) groups excluding carboxylic acids is 1. The summed E-state index contributed by atoms with van der Waals surface area (Å²) in [4.78, 5) is 20.3. The molecule has 2 aromatic carbocycles. The van der Waals surface area contributed by atoms with Gasteiger partial charge in [-0.3, -0.25) is 4.57 Å². The van der Waals surface area contributed by atoms with Crippen LogP contribution in [-0.4, -0.2) is 16.6 Å². The summed E-state index contributed by atoms with van der Waals surface area (Å²) < 4.78 is 7.81. The highest BCUT2D eigenvalue weighted by atomic mass is 32.1. The molecule has 0 aliphatic heterocycles. The molecule has 33 heavy (non-hydrogen) atoms. The lowest BCUT2D eigenvalue weighted by atomic mass is 9.95. The molecule has 2 aromatic heterocycles. The number of hydrogen-bond acceptors (Lipinski definition) is 5. The third-order valence-electron chi connectivity index (χ3n) is 5.69. The van der Waals surface area contributed by atoms with Crippen LogP contribution in [-0.2, 0) is 17.6 Å². The highest BCUT2D eigenvalue weighted by molar-refractivity contribution is 7.16. The molecule has 0 saturated heterocycles. The molecule has 4 nitrogen and oxygen atoms in total. The van der Waals surface area contributed by atoms with Crippen molar-refractivity contribution in [2.24, 2.45) is 4.99 Å². The SMILES string of the molecule is CC(C)OC(=O)c1c(N=c2scc(-c3ccccc3)n2-c2ccccc2)sc2c1CCCC2. The quantitative estimate of drug-likeness (QED) is 0.294. The molecule has 0 spiro atoms. The van der Waals surface area contributed by atoms with Crippen molar-refractivity contribution in [3.8, 4) is 16.9 Å². The van der Waals surface area contributed by atoms with Gasteiger partial charge in [-0.05, 0) is 62.8 Å². The van der Waals surface area contributed by atoms with Crippen LogP contribution in [0, 0.1) is 0 Å². The lowest BCUT2D eigenvalue weighted by molar-refractivity contribution is 0.0378. The summed E-state index contributed by atoms with van der Waals surface area (Å²) in [5, 5.41) is 2.90. The van der Waals surface area contributed by atoms with Crippen molar-refractivity contribution in [1.29, 1.82) is 0 Å². The summed E-state index contributed by atoms with van der Waals surface area (Å²) in [5.74, 6) is -0.255. The van der Waals surface area contributed by atoms with Gasteiger partial charge in [0.2, 0.25) is 0 Å². The average molecular weight is 475 g/mol. The molecule has 0 radical (unpaired) electrons. The van der Waals surface area contributed by atoms with Gasteiger partial charge in [-0.1, -0.05) is 48.5 Å². The van der Waals surface area contributed by atoms with Gasteiger partial charge >= 0.3 is 5.97 Å². The van der Waals surface area contributed by atoms with E-state index in [1.165, 1.54) is 4.88 Å². The maximum Gasteiger partial charge on any atom is 0.341 e. The second-order valence-electron chi connectivity index (χ2n) is 8.40. The number of para-hydroxylation sites is 1. The second-order valence-corrected chi connectivity index (χ2v) is 10.3. The predicted octanol–water partition coefficient (Wildman–Crippen LogP) is 6.94. The Hall–Kier alpha value is -2.96. The summed E-state index contributed by atoms with van der Waals surface area (Å²) in [5.41, 5.74) is 5.06. The molecule has 0 fully saturated rings. The Bertz CT molecular complexity index is 1330. The second kappa shape index (κ2) is 9.49. The third-order valence-corrected chi connectivity index (χ3v) is 7.70. The summed E-state index contributed by atoms with van der Waals surface area (Å²) in [6.07, 6.45) is 4.03. The van der Waals surface area contributed by atoms with Crippen molar-refractivity contribution >= 4 is 33.6 Å². The van der Waals surface area contributed by atoms with E-state index in [4.69, 9.17) is 9.73 Å². The number of thiazole rings is 1. The first-order chi connectivity index (χ1) is 16.1. The van der Waals surface area contributed by atoms with E-state index in [2.05, 4.69) is 34.2 Å². The minimum absolute atomic E-state index is 0.162. The zero-order valence-corrected chi connectivity index (χ0v) is 20.4. The van der Waals surface area contributed by atoms with Gasteiger partial charge in [-0.2, -0.15) is 0 Å². The van der Waals surface area contributed by atoms with Gasteiger partial charge in [0.05, 0.1) is 17.4 Å².